The van der Waals surface area contributed by atoms with E-state index in [-0.39, 0.29) is 11.4 Å². The number of aromatic nitrogens is 3. The van der Waals surface area contributed by atoms with Crippen molar-refractivity contribution in [1.82, 2.24) is 14.8 Å². The lowest BCUT2D eigenvalue weighted by Crippen LogP contribution is -2.16. The van der Waals surface area contributed by atoms with Crippen LogP contribution >= 0.6 is 11.8 Å². The molecule has 1 aromatic carbocycles. The van der Waals surface area contributed by atoms with Crippen molar-refractivity contribution in [2.75, 3.05) is 11.9 Å². The second-order valence-corrected chi connectivity index (χ2v) is 5.20. The van der Waals surface area contributed by atoms with Gasteiger partial charge in [0.05, 0.1) is 4.92 Å². The van der Waals surface area contributed by atoms with E-state index < -0.39 is 4.92 Å². The second-order valence-electron chi connectivity index (χ2n) is 4.16. The molecule has 0 bridgehead atoms. The molecule has 1 heterocycles. The first-order chi connectivity index (χ1) is 10.0. The molecule has 0 fully saturated rings. The zero-order chi connectivity index (χ0) is 15.4. The average molecular weight is 309 g/mol. The van der Waals surface area contributed by atoms with Crippen molar-refractivity contribution in [1.29, 1.82) is 0 Å². The van der Waals surface area contributed by atoms with Crippen molar-refractivity contribution in [3.05, 3.63) is 38.8 Å². The number of H-pyrrole nitrogens is 1. The smallest absolute Gasteiger partial charge is 0.343 e. The highest BCUT2D eigenvalue weighted by atomic mass is 32.2. The molecule has 0 aliphatic carbocycles. The first kappa shape index (κ1) is 15.1. The van der Waals surface area contributed by atoms with Gasteiger partial charge >= 0.3 is 5.69 Å². The first-order valence-electron chi connectivity index (χ1n) is 6.41. The number of nitrogens with one attached hydrogen (secondary N) is 2. The van der Waals surface area contributed by atoms with Gasteiger partial charge in [-0.3, -0.25) is 14.7 Å². The van der Waals surface area contributed by atoms with Gasteiger partial charge in [0.2, 0.25) is 0 Å². The molecule has 0 atom stereocenters. The van der Waals surface area contributed by atoms with Crippen LogP contribution in [-0.2, 0) is 6.54 Å². The van der Waals surface area contributed by atoms with Crippen molar-refractivity contribution < 1.29 is 4.92 Å². The summed E-state index contributed by atoms with van der Waals surface area (Å²) in [4.78, 5) is 22.7. The van der Waals surface area contributed by atoms with Crippen molar-refractivity contribution in [2.24, 2.45) is 0 Å². The zero-order valence-electron chi connectivity index (χ0n) is 11.6. The Morgan fingerprint density at radius 1 is 1.43 bits per heavy atom. The van der Waals surface area contributed by atoms with Gasteiger partial charge in [-0.05, 0) is 31.7 Å². The molecule has 8 nitrogen and oxygen atoms in total. The fraction of sp³-hybridized carbons (Fsp3) is 0.333. The number of anilines is 1. The van der Waals surface area contributed by atoms with E-state index in [4.69, 9.17) is 0 Å². The molecule has 2 aromatic rings. The summed E-state index contributed by atoms with van der Waals surface area (Å²) in [7, 11) is 0. The van der Waals surface area contributed by atoms with Crippen LogP contribution in [0.5, 0.6) is 0 Å². The van der Waals surface area contributed by atoms with E-state index in [9.17, 15) is 14.9 Å². The van der Waals surface area contributed by atoms with Crippen molar-refractivity contribution in [3.63, 3.8) is 0 Å². The predicted octanol–water partition coefficient (Wildman–Crippen LogP) is 2.08. The molecule has 0 aliphatic heterocycles. The van der Waals surface area contributed by atoms with Gasteiger partial charge in [-0.25, -0.2) is 9.89 Å². The van der Waals surface area contributed by atoms with Crippen molar-refractivity contribution in [3.8, 4) is 0 Å². The lowest BCUT2D eigenvalue weighted by Gasteiger charge is -2.07. The predicted molar refractivity (Wildman–Crippen MR) is 79.9 cm³/mol. The number of hydrogen-bond acceptors (Lipinski definition) is 6. The summed E-state index contributed by atoms with van der Waals surface area (Å²) in [5, 5.41) is 20.8. The Morgan fingerprint density at radius 2 is 2.19 bits per heavy atom. The van der Waals surface area contributed by atoms with E-state index in [1.165, 1.54) is 28.5 Å². The fourth-order valence-corrected chi connectivity index (χ4v) is 2.81. The highest BCUT2D eigenvalue weighted by Gasteiger charge is 2.13. The van der Waals surface area contributed by atoms with E-state index in [1.807, 2.05) is 13.8 Å². The van der Waals surface area contributed by atoms with Gasteiger partial charge in [0, 0.05) is 35.8 Å². The number of non-ortho nitro benzene ring substituents is 1. The van der Waals surface area contributed by atoms with Gasteiger partial charge in [-0.1, -0.05) is 0 Å². The molecule has 2 rings (SSSR count). The van der Waals surface area contributed by atoms with E-state index in [0.717, 1.165) is 0 Å². The van der Waals surface area contributed by atoms with Gasteiger partial charge in [-0.15, -0.1) is 5.10 Å². The van der Waals surface area contributed by atoms with E-state index in [2.05, 4.69) is 15.5 Å². The monoisotopic (exact) mass is 309 g/mol. The minimum absolute atomic E-state index is 0.00289. The summed E-state index contributed by atoms with van der Waals surface area (Å²) in [6.07, 6.45) is 0. The topological polar surface area (TPSA) is 106 Å². The second kappa shape index (κ2) is 6.44. The van der Waals surface area contributed by atoms with Crippen LogP contribution in [0.4, 0.5) is 11.4 Å². The Balaban J connectivity index is 2.38. The first-order valence-corrected chi connectivity index (χ1v) is 7.23. The average Bonchev–Trinajstić information content (AvgIpc) is 2.79. The van der Waals surface area contributed by atoms with Crippen LogP contribution in [0.15, 0.2) is 33.0 Å². The van der Waals surface area contributed by atoms with Crippen molar-refractivity contribution in [2.45, 2.75) is 30.4 Å². The van der Waals surface area contributed by atoms with E-state index in [1.54, 1.807) is 6.07 Å². The number of nitro benzene ring substituents is 1. The molecule has 0 amide bonds. The minimum Gasteiger partial charge on any atom is -0.385 e. The Morgan fingerprint density at radius 3 is 2.81 bits per heavy atom. The van der Waals surface area contributed by atoms with Gasteiger partial charge in [0.1, 0.15) is 0 Å². The highest BCUT2D eigenvalue weighted by Crippen LogP contribution is 2.31. The van der Waals surface area contributed by atoms with Crippen LogP contribution in [0.25, 0.3) is 0 Å². The SMILES string of the molecule is CCNc1cc(Sc2n[nH]c(=O)n2CC)cc([N+](=O)[O-])c1. The summed E-state index contributed by atoms with van der Waals surface area (Å²) in [5.41, 5.74) is 0.365. The molecule has 112 valence electrons. The molecule has 0 saturated carbocycles. The van der Waals surface area contributed by atoms with Gasteiger partial charge < -0.3 is 5.32 Å². The summed E-state index contributed by atoms with van der Waals surface area (Å²) in [6, 6.07) is 4.73. The van der Waals surface area contributed by atoms with Crippen LogP contribution in [0, 0.1) is 10.1 Å². The number of hydrogen-bond donors (Lipinski definition) is 2. The van der Waals surface area contributed by atoms with Crippen LogP contribution in [0.2, 0.25) is 0 Å². The third-order valence-electron chi connectivity index (χ3n) is 2.73. The molecular formula is C12H15N5O3S. The summed E-state index contributed by atoms with van der Waals surface area (Å²) < 4.78 is 1.47. The summed E-state index contributed by atoms with van der Waals surface area (Å²) >= 11 is 1.21. The fourth-order valence-electron chi connectivity index (χ4n) is 1.82. The third-order valence-corrected chi connectivity index (χ3v) is 3.70. The Kier molecular flexibility index (Phi) is 4.63. The number of benzene rings is 1. The molecule has 0 saturated heterocycles. The van der Waals surface area contributed by atoms with Crippen LogP contribution in [0.1, 0.15) is 13.8 Å². The Hall–Kier alpha value is -2.29. The number of nitro groups is 1. The lowest BCUT2D eigenvalue weighted by atomic mass is 10.3. The summed E-state index contributed by atoms with van der Waals surface area (Å²) in [5.74, 6) is 0. The molecular weight excluding hydrogens is 294 g/mol. The molecule has 0 unspecified atom stereocenters. The normalized spacial score (nSPS) is 10.6. The van der Waals surface area contributed by atoms with Crippen molar-refractivity contribution >= 4 is 23.1 Å². The summed E-state index contributed by atoms with van der Waals surface area (Å²) in [6.45, 7) is 4.88. The maximum Gasteiger partial charge on any atom is 0.343 e. The molecule has 9 heteroatoms. The lowest BCUT2D eigenvalue weighted by molar-refractivity contribution is -0.385. The molecule has 2 N–H and O–H groups in total. The number of rotatable bonds is 6. The molecule has 0 aliphatic rings. The van der Waals surface area contributed by atoms with Gasteiger partial charge in [0.25, 0.3) is 5.69 Å². The maximum absolute atomic E-state index is 11.5. The van der Waals surface area contributed by atoms with Crippen LogP contribution in [-0.4, -0.2) is 26.2 Å². The van der Waals surface area contributed by atoms with E-state index >= 15 is 0 Å². The molecule has 0 radical (unpaired) electrons. The standard InChI is InChI=1S/C12H15N5O3S/c1-3-13-8-5-9(17(19)20)7-10(6-8)21-12-15-14-11(18)16(12)4-2/h5-7,13H,3-4H2,1-2H3,(H,14,18). The van der Waals surface area contributed by atoms with Crippen LogP contribution in [0.3, 0.4) is 0 Å². The number of aromatic amines is 1. The molecule has 21 heavy (non-hydrogen) atoms. The third kappa shape index (κ3) is 3.43. The Labute approximate surface area is 124 Å². The van der Waals surface area contributed by atoms with Gasteiger partial charge in [-0.2, -0.15) is 0 Å². The number of nitrogens with zero attached hydrogens (tertiary/aromatic N) is 3. The molecule has 1 aromatic heterocycles. The maximum atomic E-state index is 11.5. The van der Waals surface area contributed by atoms with Crippen LogP contribution < -0.4 is 11.0 Å². The molecule has 0 spiro atoms. The van der Waals surface area contributed by atoms with Gasteiger partial charge in [0.15, 0.2) is 5.16 Å². The Bertz CT molecular complexity index is 709. The van der Waals surface area contributed by atoms with E-state index in [0.29, 0.717) is 28.8 Å². The quantitative estimate of drug-likeness (QED) is 0.625. The highest BCUT2D eigenvalue weighted by molar-refractivity contribution is 7.99. The zero-order valence-corrected chi connectivity index (χ0v) is 12.4. The minimum atomic E-state index is -0.442. The largest absolute Gasteiger partial charge is 0.385 e.